The monoisotopic (exact) mass is 365 g/mol. The minimum atomic E-state index is 0.423. The molecule has 0 aromatic carbocycles. The summed E-state index contributed by atoms with van der Waals surface area (Å²) in [4.78, 5) is 15.0. The van der Waals surface area contributed by atoms with Crippen LogP contribution in [0.25, 0.3) is 0 Å². The molecule has 3 aromatic rings. The third-order valence-electron chi connectivity index (χ3n) is 5.40. The van der Waals surface area contributed by atoms with E-state index in [1.165, 1.54) is 12.8 Å². The second kappa shape index (κ2) is 6.64. The van der Waals surface area contributed by atoms with Crippen LogP contribution in [0.15, 0.2) is 31.0 Å². The van der Waals surface area contributed by atoms with Gasteiger partial charge in [0.1, 0.15) is 11.6 Å². The molecule has 0 radical (unpaired) electrons. The topological polar surface area (TPSA) is 104 Å². The predicted octanol–water partition coefficient (Wildman–Crippen LogP) is 1.61. The van der Waals surface area contributed by atoms with Crippen LogP contribution < -0.4 is 10.6 Å². The number of nitrogens with two attached hydrogens (primary N) is 1. The van der Waals surface area contributed by atoms with Crippen LogP contribution in [-0.4, -0.2) is 47.4 Å². The first-order valence-electron chi connectivity index (χ1n) is 9.51. The van der Waals surface area contributed by atoms with Crippen molar-refractivity contribution in [1.82, 2.24) is 34.3 Å². The average Bonchev–Trinajstić information content (AvgIpc) is 3.23. The van der Waals surface area contributed by atoms with Gasteiger partial charge in [0.2, 0.25) is 5.95 Å². The number of rotatable bonds is 5. The molecule has 0 unspecified atom stereocenters. The highest BCUT2D eigenvalue weighted by molar-refractivity contribution is 5.38. The molecule has 1 aliphatic heterocycles. The molecule has 1 aliphatic carbocycles. The Morgan fingerprint density at radius 2 is 1.93 bits per heavy atom. The number of imidazole rings is 1. The number of anilines is 2. The molecule has 140 valence electrons. The second-order valence-electron chi connectivity index (χ2n) is 7.35. The number of hydrogen-bond donors (Lipinski definition) is 1. The Bertz CT molecular complexity index is 905. The van der Waals surface area contributed by atoms with Gasteiger partial charge >= 0.3 is 0 Å². The van der Waals surface area contributed by atoms with Crippen LogP contribution in [0.2, 0.25) is 0 Å². The molecule has 2 fully saturated rings. The van der Waals surface area contributed by atoms with Gasteiger partial charge in [-0.05, 0) is 31.7 Å². The van der Waals surface area contributed by atoms with E-state index in [-0.39, 0.29) is 0 Å². The van der Waals surface area contributed by atoms with Gasteiger partial charge in [-0.2, -0.15) is 4.98 Å². The molecule has 0 spiro atoms. The lowest BCUT2D eigenvalue weighted by Gasteiger charge is -2.31. The summed E-state index contributed by atoms with van der Waals surface area (Å²) < 4.78 is 4.43. The molecular weight excluding hydrogens is 342 g/mol. The summed E-state index contributed by atoms with van der Waals surface area (Å²) in [5.41, 5.74) is 5.80. The Morgan fingerprint density at radius 3 is 2.63 bits per heavy atom. The second-order valence-corrected chi connectivity index (χ2v) is 7.35. The summed E-state index contributed by atoms with van der Waals surface area (Å²) in [7, 11) is 0. The Hall–Kier alpha value is -2.97. The van der Waals surface area contributed by atoms with Gasteiger partial charge in [0, 0.05) is 43.6 Å². The van der Waals surface area contributed by atoms with Crippen molar-refractivity contribution in [2.45, 2.75) is 44.2 Å². The highest BCUT2D eigenvalue weighted by atomic mass is 15.3. The van der Waals surface area contributed by atoms with Gasteiger partial charge in [-0.3, -0.25) is 0 Å². The SMILES string of the molecule is Nc1ccnc(N2CCC(c3nnc(Cn4ccnc4)n3C3CC3)CC2)n1. The summed E-state index contributed by atoms with van der Waals surface area (Å²) in [6.45, 7) is 2.53. The third kappa shape index (κ3) is 3.24. The fourth-order valence-electron chi connectivity index (χ4n) is 3.85. The fraction of sp³-hybridized carbons (Fsp3) is 0.500. The average molecular weight is 365 g/mol. The molecule has 4 heterocycles. The van der Waals surface area contributed by atoms with E-state index in [9.17, 15) is 0 Å². The van der Waals surface area contributed by atoms with Crippen molar-refractivity contribution in [2.75, 3.05) is 23.7 Å². The summed E-state index contributed by atoms with van der Waals surface area (Å²) in [5, 5.41) is 9.13. The number of piperidine rings is 1. The smallest absolute Gasteiger partial charge is 0.227 e. The predicted molar refractivity (Wildman–Crippen MR) is 100 cm³/mol. The van der Waals surface area contributed by atoms with Crippen molar-refractivity contribution in [3.8, 4) is 0 Å². The van der Waals surface area contributed by atoms with Crippen LogP contribution in [0.4, 0.5) is 11.8 Å². The van der Waals surface area contributed by atoms with Crippen molar-refractivity contribution in [3.05, 3.63) is 42.6 Å². The maximum atomic E-state index is 5.80. The van der Waals surface area contributed by atoms with Crippen molar-refractivity contribution in [1.29, 1.82) is 0 Å². The molecule has 0 amide bonds. The number of hydrogen-bond acceptors (Lipinski definition) is 7. The zero-order chi connectivity index (χ0) is 18.2. The zero-order valence-corrected chi connectivity index (χ0v) is 15.1. The van der Waals surface area contributed by atoms with Gasteiger partial charge in [0.15, 0.2) is 5.82 Å². The van der Waals surface area contributed by atoms with Crippen LogP contribution in [0, 0.1) is 0 Å². The van der Waals surface area contributed by atoms with Crippen LogP contribution >= 0.6 is 0 Å². The molecule has 3 aromatic heterocycles. The molecule has 2 aliphatic rings. The minimum Gasteiger partial charge on any atom is -0.384 e. The fourth-order valence-corrected chi connectivity index (χ4v) is 3.85. The molecule has 9 heteroatoms. The lowest BCUT2D eigenvalue weighted by molar-refractivity contribution is 0.457. The van der Waals surface area contributed by atoms with Gasteiger partial charge in [0.25, 0.3) is 0 Å². The van der Waals surface area contributed by atoms with Gasteiger partial charge in [-0.1, -0.05) is 0 Å². The molecule has 0 bridgehead atoms. The number of aromatic nitrogens is 7. The lowest BCUT2D eigenvalue weighted by atomic mass is 9.96. The third-order valence-corrected chi connectivity index (χ3v) is 5.40. The zero-order valence-electron chi connectivity index (χ0n) is 15.1. The Labute approximate surface area is 157 Å². The van der Waals surface area contributed by atoms with Crippen LogP contribution in [-0.2, 0) is 6.54 Å². The highest BCUT2D eigenvalue weighted by Crippen LogP contribution is 2.40. The summed E-state index contributed by atoms with van der Waals surface area (Å²) >= 11 is 0. The molecule has 1 saturated carbocycles. The standard InChI is InChI=1S/C18H23N9/c19-15-3-6-21-18(22-15)26-8-4-13(5-9-26)17-24-23-16(27(17)14-1-2-14)11-25-10-7-20-12-25/h3,6-7,10,12-14H,1-2,4-5,8-9,11H2,(H2,19,21,22). The van der Waals surface area contributed by atoms with Crippen molar-refractivity contribution in [3.63, 3.8) is 0 Å². The lowest BCUT2D eigenvalue weighted by Crippen LogP contribution is -2.35. The summed E-state index contributed by atoms with van der Waals surface area (Å²) in [6.07, 6.45) is 11.8. The van der Waals surface area contributed by atoms with Crippen molar-refractivity contribution < 1.29 is 0 Å². The maximum Gasteiger partial charge on any atom is 0.227 e. The number of nitrogens with zero attached hydrogens (tertiary/aromatic N) is 8. The first kappa shape index (κ1) is 16.2. The van der Waals surface area contributed by atoms with E-state index in [4.69, 9.17) is 5.73 Å². The van der Waals surface area contributed by atoms with Gasteiger partial charge in [0.05, 0.1) is 12.9 Å². The maximum absolute atomic E-state index is 5.80. The molecule has 2 N–H and O–H groups in total. The molecule has 5 rings (SSSR count). The summed E-state index contributed by atoms with van der Waals surface area (Å²) in [5.74, 6) is 3.83. The van der Waals surface area contributed by atoms with E-state index < -0.39 is 0 Å². The van der Waals surface area contributed by atoms with Gasteiger partial charge in [-0.15, -0.1) is 10.2 Å². The molecule has 1 saturated heterocycles. The first-order valence-corrected chi connectivity index (χ1v) is 9.51. The van der Waals surface area contributed by atoms with Gasteiger partial charge in [-0.25, -0.2) is 9.97 Å². The van der Waals surface area contributed by atoms with E-state index in [0.717, 1.165) is 50.1 Å². The molecule has 0 atom stereocenters. The largest absolute Gasteiger partial charge is 0.384 e. The van der Waals surface area contributed by atoms with E-state index in [1.807, 2.05) is 17.1 Å². The van der Waals surface area contributed by atoms with E-state index in [2.05, 4.69) is 34.6 Å². The molecular formula is C18H23N9. The van der Waals surface area contributed by atoms with Crippen molar-refractivity contribution in [2.24, 2.45) is 0 Å². The Balaban J connectivity index is 1.33. The van der Waals surface area contributed by atoms with E-state index in [0.29, 0.717) is 17.8 Å². The molecule has 27 heavy (non-hydrogen) atoms. The minimum absolute atomic E-state index is 0.423. The van der Waals surface area contributed by atoms with Crippen LogP contribution in [0.1, 0.15) is 49.3 Å². The quantitative estimate of drug-likeness (QED) is 0.732. The summed E-state index contributed by atoms with van der Waals surface area (Å²) in [6, 6.07) is 2.28. The number of nitrogen functional groups attached to an aromatic ring is 1. The van der Waals surface area contributed by atoms with E-state index in [1.54, 1.807) is 18.5 Å². The van der Waals surface area contributed by atoms with Crippen LogP contribution in [0.5, 0.6) is 0 Å². The highest BCUT2D eigenvalue weighted by Gasteiger charge is 2.33. The van der Waals surface area contributed by atoms with E-state index >= 15 is 0 Å². The first-order chi connectivity index (χ1) is 13.3. The van der Waals surface area contributed by atoms with Crippen molar-refractivity contribution >= 4 is 11.8 Å². The normalized spacial score (nSPS) is 18.1. The molecule has 9 nitrogen and oxygen atoms in total. The van der Waals surface area contributed by atoms with Crippen LogP contribution in [0.3, 0.4) is 0 Å². The van der Waals surface area contributed by atoms with Gasteiger partial charge < -0.3 is 19.8 Å². The Kier molecular flexibility index (Phi) is 3.99. The Morgan fingerprint density at radius 1 is 1.07 bits per heavy atom.